The van der Waals surface area contributed by atoms with E-state index in [4.69, 9.17) is 0 Å². The zero-order valence-corrected chi connectivity index (χ0v) is 16.3. The molecule has 0 aromatic heterocycles. The molecule has 2 aromatic rings. The van der Waals surface area contributed by atoms with Gasteiger partial charge in [-0.3, -0.25) is 19.7 Å². The summed E-state index contributed by atoms with van der Waals surface area (Å²) < 4.78 is 0. The smallest absolute Gasteiger partial charge is 0.273 e. The number of nitro groups is 1. The molecule has 2 rings (SSSR count). The lowest BCUT2D eigenvalue weighted by molar-refractivity contribution is -0.385. The van der Waals surface area contributed by atoms with E-state index in [-0.39, 0.29) is 30.5 Å². The Morgan fingerprint density at radius 3 is 2.39 bits per heavy atom. The van der Waals surface area contributed by atoms with Crippen molar-refractivity contribution in [2.24, 2.45) is 0 Å². The third kappa shape index (κ3) is 5.39. The number of hydrogen-bond acceptors (Lipinski definition) is 4. The molecule has 0 heterocycles. The average Bonchev–Trinajstić information content (AvgIpc) is 2.67. The van der Waals surface area contributed by atoms with Crippen molar-refractivity contribution < 1.29 is 14.5 Å². The number of rotatable bonds is 8. The van der Waals surface area contributed by atoms with Gasteiger partial charge in [0.15, 0.2) is 0 Å². The fourth-order valence-electron chi connectivity index (χ4n) is 2.90. The third-order valence-corrected chi connectivity index (χ3v) is 4.52. The molecule has 7 heteroatoms. The number of carbonyl (C=O) groups is 2. The molecule has 0 saturated carbocycles. The summed E-state index contributed by atoms with van der Waals surface area (Å²) in [6.07, 6.45) is -0.146. The van der Waals surface area contributed by atoms with Crippen LogP contribution in [0.3, 0.4) is 0 Å². The van der Waals surface area contributed by atoms with Crippen molar-refractivity contribution in [1.82, 2.24) is 10.2 Å². The molecule has 28 heavy (non-hydrogen) atoms. The molecule has 1 unspecified atom stereocenters. The summed E-state index contributed by atoms with van der Waals surface area (Å²) in [5.74, 6) is -0.598. The third-order valence-electron chi connectivity index (χ3n) is 4.52. The first-order valence-corrected chi connectivity index (χ1v) is 9.18. The van der Waals surface area contributed by atoms with Crippen LogP contribution in [0.25, 0.3) is 0 Å². The van der Waals surface area contributed by atoms with Crippen molar-refractivity contribution in [2.75, 3.05) is 6.54 Å². The quantitative estimate of drug-likeness (QED) is 0.560. The largest absolute Gasteiger partial charge is 0.355 e. The highest BCUT2D eigenvalue weighted by Gasteiger charge is 2.27. The van der Waals surface area contributed by atoms with Gasteiger partial charge in [0.05, 0.1) is 11.3 Å². The predicted molar refractivity (Wildman–Crippen MR) is 107 cm³/mol. The molecule has 0 fully saturated rings. The molecular weight excluding hydrogens is 358 g/mol. The number of nitrogens with zero attached hydrogens (tertiary/aromatic N) is 2. The molecule has 7 nitrogen and oxygen atoms in total. The number of aryl methyl sites for hydroxylation is 1. The van der Waals surface area contributed by atoms with Crippen LogP contribution in [0.4, 0.5) is 5.69 Å². The summed E-state index contributed by atoms with van der Waals surface area (Å²) in [7, 11) is 0. The van der Waals surface area contributed by atoms with E-state index >= 15 is 0 Å². The summed E-state index contributed by atoms with van der Waals surface area (Å²) in [5.41, 5.74) is 2.21. The second-order valence-electron chi connectivity index (χ2n) is 6.64. The van der Waals surface area contributed by atoms with E-state index in [1.807, 2.05) is 38.1 Å². The zero-order valence-electron chi connectivity index (χ0n) is 16.3. The number of nitrogens with one attached hydrogen (secondary N) is 1. The Kier molecular flexibility index (Phi) is 7.26. The molecule has 0 radical (unpaired) electrons. The van der Waals surface area contributed by atoms with Gasteiger partial charge in [-0.05, 0) is 26.3 Å². The highest BCUT2D eigenvalue weighted by molar-refractivity contribution is 5.88. The highest BCUT2D eigenvalue weighted by Crippen LogP contribution is 2.20. The second kappa shape index (κ2) is 9.64. The van der Waals surface area contributed by atoms with E-state index in [9.17, 15) is 19.7 Å². The maximum Gasteiger partial charge on any atom is 0.273 e. The fraction of sp³-hybridized carbons (Fsp3) is 0.333. The van der Waals surface area contributed by atoms with E-state index in [1.165, 1.54) is 11.0 Å². The number of likely N-dealkylation sites (N-methyl/N-ethyl adjacent to an activating group) is 1. The molecule has 0 aliphatic rings. The summed E-state index contributed by atoms with van der Waals surface area (Å²) in [6.45, 7) is 6.15. The minimum atomic E-state index is -0.698. The Hall–Kier alpha value is -3.22. The van der Waals surface area contributed by atoms with E-state index in [2.05, 4.69) is 5.32 Å². The monoisotopic (exact) mass is 383 g/mol. The SMILES string of the molecule is CCNC(=O)C(C)N(Cc1ccc(C)cc1)C(=O)Cc1ccccc1[N+](=O)[O-]. The van der Waals surface area contributed by atoms with E-state index < -0.39 is 11.0 Å². The van der Waals surface area contributed by atoms with Gasteiger partial charge in [0.2, 0.25) is 11.8 Å². The first-order chi connectivity index (χ1) is 13.3. The van der Waals surface area contributed by atoms with Gasteiger partial charge < -0.3 is 10.2 Å². The van der Waals surface area contributed by atoms with E-state index in [1.54, 1.807) is 25.1 Å². The normalized spacial score (nSPS) is 11.5. The molecular formula is C21H25N3O4. The number of hydrogen-bond donors (Lipinski definition) is 1. The van der Waals surface area contributed by atoms with Crippen LogP contribution in [0, 0.1) is 17.0 Å². The van der Waals surface area contributed by atoms with Gasteiger partial charge in [0.1, 0.15) is 6.04 Å². The predicted octanol–water partition coefficient (Wildman–Crippen LogP) is 3.00. The molecule has 148 valence electrons. The topological polar surface area (TPSA) is 92.6 Å². The molecule has 2 amide bonds. The van der Waals surface area contributed by atoms with Crippen LogP contribution in [-0.2, 0) is 22.6 Å². The highest BCUT2D eigenvalue weighted by atomic mass is 16.6. The number of benzene rings is 2. The summed E-state index contributed by atoms with van der Waals surface area (Å²) in [4.78, 5) is 37.6. The van der Waals surface area contributed by atoms with Gasteiger partial charge in [0, 0.05) is 24.7 Å². The molecule has 2 aromatic carbocycles. The number of carbonyl (C=O) groups excluding carboxylic acids is 2. The van der Waals surface area contributed by atoms with Crippen molar-refractivity contribution in [3.8, 4) is 0 Å². The Bertz CT molecular complexity index is 849. The van der Waals surface area contributed by atoms with Crippen molar-refractivity contribution in [1.29, 1.82) is 0 Å². The number of para-hydroxylation sites is 1. The molecule has 0 saturated heterocycles. The average molecular weight is 383 g/mol. The number of nitro benzene ring substituents is 1. The minimum absolute atomic E-state index is 0.100. The molecule has 0 spiro atoms. The van der Waals surface area contributed by atoms with Crippen LogP contribution in [0.15, 0.2) is 48.5 Å². The van der Waals surface area contributed by atoms with Gasteiger partial charge in [-0.15, -0.1) is 0 Å². The van der Waals surface area contributed by atoms with Gasteiger partial charge in [-0.2, -0.15) is 0 Å². The first-order valence-electron chi connectivity index (χ1n) is 9.18. The maximum absolute atomic E-state index is 13.0. The Morgan fingerprint density at radius 2 is 1.79 bits per heavy atom. The molecule has 0 aliphatic heterocycles. The van der Waals surface area contributed by atoms with Crippen molar-refractivity contribution in [3.63, 3.8) is 0 Å². The first kappa shape index (κ1) is 21.1. The Balaban J connectivity index is 2.29. The minimum Gasteiger partial charge on any atom is -0.355 e. The van der Waals surface area contributed by atoms with Crippen LogP contribution < -0.4 is 5.32 Å². The molecule has 1 N–H and O–H groups in total. The Labute approximate surface area is 164 Å². The molecule has 0 aliphatic carbocycles. The summed E-state index contributed by atoms with van der Waals surface area (Å²) in [6, 6.07) is 13.2. The van der Waals surface area contributed by atoms with Crippen molar-refractivity contribution >= 4 is 17.5 Å². The van der Waals surface area contributed by atoms with Gasteiger partial charge in [-0.25, -0.2) is 0 Å². The second-order valence-corrected chi connectivity index (χ2v) is 6.64. The van der Waals surface area contributed by atoms with Crippen LogP contribution in [0.2, 0.25) is 0 Å². The van der Waals surface area contributed by atoms with Crippen LogP contribution >= 0.6 is 0 Å². The van der Waals surface area contributed by atoms with Gasteiger partial charge in [0.25, 0.3) is 5.69 Å². The lowest BCUT2D eigenvalue weighted by atomic mass is 10.1. The van der Waals surface area contributed by atoms with Crippen LogP contribution in [-0.4, -0.2) is 34.2 Å². The lowest BCUT2D eigenvalue weighted by Gasteiger charge is -2.28. The van der Waals surface area contributed by atoms with E-state index in [0.717, 1.165) is 11.1 Å². The van der Waals surface area contributed by atoms with Crippen LogP contribution in [0.1, 0.15) is 30.5 Å². The van der Waals surface area contributed by atoms with Gasteiger partial charge in [-0.1, -0.05) is 48.0 Å². The van der Waals surface area contributed by atoms with Crippen molar-refractivity contribution in [3.05, 3.63) is 75.3 Å². The van der Waals surface area contributed by atoms with Gasteiger partial charge >= 0.3 is 0 Å². The van der Waals surface area contributed by atoms with Crippen molar-refractivity contribution in [2.45, 2.75) is 39.8 Å². The standard InChI is InChI=1S/C21H25N3O4/c1-4-22-21(26)16(3)23(14-17-11-9-15(2)10-12-17)20(25)13-18-7-5-6-8-19(18)24(27)28/h5-12,16H,4,13-14H2,1-3H3,(H,22,26). The fourth-order valence-corrected chi connectivity index (χ4v) is 2.90. The maximum atomic E-state index is 13.0. The summed E-state index contributed by atoms with van der Waals surface area (Å²) >= 11 is 0. The lowest BCUT2D eigenvalue weighted by Crippen LogP contribution is -2.48. The van der Waals surface area contributed by atoms with E-state index in [0.29, 0.717) is 12.1 Å². The summed E-state index contributed by atoms with van der Waals surface area (Å²) in [5, 5.41) is 14.0. The van der Waals surface area contributed by atoms with Crippen LogP contribution in [0.5, 0.6) is 0 Å². The zero-order chi connectivity index (χ0) is 20.7. The molecule has 0 bridgehead atoms. The Morgan fingerprint density at radius 1 is 1.14 bits per heavy atom. The molecule has 1 atom stereocenters. The number of amides is 2.